The average Bonchev–Trinajstić information content (AvgIpc) is 2.79. The first-order valence-corrected chi connectivity index (χ1v) is 10.1. The molecule has 0 atom stereocenters. The molecule has 0 saturated carbocycles. The third-order valence-corrected chi connectivity index (χ3v) is 5.95. The van der Waals surface area contributed by atoms with Crippen LogP contribution in [0.5, 0.6) is 0 Å². The summed E-state index contributed by atoms with van der Waals surface area (Å²) >= 11 is 0. The van der Waals surface area contributed by atoms with Crippen molar-refractivity contribution in [1.29, 1.82) is 0 Å². The van der Waals surface area contributed by atoms with Crippen molar-refractivity contribution in [1.82, 2.24) is 0 Å². The Morgan fingerprint density at radius 2 is 0.966 bits per heavy atom. The number of nitrogens with zero attached hydrogens (tertiary/aromatic N) is 1. The molecule has 0 radical (unpaired) electrons. The van der Waals surface area contributed by atoms with Gasteiger partial charge in [0.2, 0.25) is 11.0 Å². The molecule has 1 nitrogen and oxygen atoms in total. The smallest absolute Gasteiger partial charge is 0.187 e. The topological polar surface area (TPSA) is 3.88 Å². The molecule has 6 rings (SSSR count). The predicted octanol–water partition coefficient (Wildman–Crippen LogP) is 6.64. The molecule has 1 heterocycles. The van der Waals surface area contributed by atoms with Gasteiger partial charge in [-0.15, -0.1) is 0 Å². The maximum atomic E-state index is 2.47. The van der Waals surface area contributed by atoms with Crippen molar-refractivity contribution < 1.29 is 4.57 Å². The number of pyridine rings is 1. The van der Waals surface area contributed by atoms with Crippen molar-refractivity contribution in [2.24, 2.45) is 0 Å². The maximum Gasteiger partial charge on any atom is 0.213 e. The zero-order valence-electron chi connectivity index (χ0n) is 16.0. The van der Waals surface area contributed by atoms with E-state index in [0.717, 1.165) is 6.54 Å². The molecule has 0 N–H and O–H groups in total. The molecule has 0 amide bonds. The summed E-state index contributed by atoms with van der Waals surface area (Å²) < 4.78 is 2.47. The summed E-state index contributed by atoms with van der Waals surface area (Å²) in [5, 5.41) is 7.80. The highest BCUT2D eigenvalue weighted by molar-refractivity contribution is 6.13. The van der Waals surface area contributed by atoms with Crippen LogP contribution in [0.25, 0.3) is 43.4 Å². The standard InChI is InChI=1S/C28H20N/c1-2-8-20(9-3-1)19-29-27-16-14-21-10-4-6-12-23(21)25(27)18-26-24-13-7-5-11-22(24)15-17-28(26)29/h1-18H,19H2/q+1. The van der Waals surface area contributed by atoms with Gasteiger partial charge < -0.3 is 0 Å². The van der Waals surface area contributed by atoms with Crippen LogP contribution < -0.4 is 4.57 Å². The Morgan fingerprint density at radius 3 is 1.55 bits per heavy atom. The SMILES string of the molecule is c1ccc(C[n+]2c3ccc4ccccc4c3cc3c4ccccc4ccc32)cc1. The van der Waals surface area contributed by atoms with Gasteiger partial charge >= 0.3 is 0 Å². The molecule has 0 aliphatic carbocycles. The highest BCUT2D eigenvalue weighted by Crippen LogP contribution is 2.30. The zero-order valence-corrected chi connectivity index (χ0v) is 16.0. The van der Waals surface area contributed by atoms with E-state index in [-0.39, 0.29) is 0 Å². The molecule has 29 heavy (non-hydrogen) atoms. The molecule has 0 bridgehead atoms. The van der Waals surface area contributed by atoms with Gasteiger partial charge in [0.25, 0.3) is 0 Å². The minimum absolute atomic E-state index is 0.853. The Bertz CT molecular complexity index is 1420. The van der Waals surface area contributed by atoms with Crippen molar-refractivity contribution in [3.63, 3.8) is 0 Å². The van der Waals surface area contributed by atoms with E-state index in [4.69, 9.17) is 0 Å². The zero-order chi connectivity index (χ0) is 19.2. The second-order valence-corrected chi connectivity index (χ2v) is 7.66. The van der Waals surface area contributed by atoms with Crippen molar-refractivity contribution >= 4 is 43.4 Å². The lowest BCUT2D eigenvalue weighted by atomic mass is 9.99. The summed E-state index contributed by atoms with van der Waals surface area (Å²) in [6.45, 7) is 0.853. The first-order chi connectivity index (χ1) is 14.4. The van der Waals surface area contributed by atoms with Crippen LogP contribution >= 0.6 is 0 Å². The molecule has 0 fully saturated rings. The van der Waals surface area contributed by atoms with Gasteiger partial charge in [-0.2, -0.15) is 4.57 Å². The largest absolute Gasteiger partial charge is 0.213 e. The van der Waals surface area contributed by atoms with Crippen molar-refractivity contribution in [3.8, 4) is 0 Å². The van der Waals surface area contributed by atoms with Gasteiger partial charge in [0.1, 0.15) is 0 Å². The summed E-state index contributed by atoms with van der Waals surface area (Å²) in [7, 11) is 0. The molecular formula is C28H20N+. The summed E-state index contributed by atoms with van der Waals surface area (Å²) in [4.78, 5) is 0. The summed E-state index contributed by atoms with van der Waals surface area (Å²) in [6.07, 6.45) is 0. The van der Waals surface area contributed by atoms with E-state index in [1.807, 2.05) is 0 Å². The first kappa shape index (κ1) is 16.3. The lowest BCUT2D eigenvalue weighted by Gasteiger charge is -2.10. The van der Waals surface area contributed by atoms with Crippen LogP contribution in [0.1, 0.15) is 5.56 Å². The van der Waals surface area contributed by atoms with Crippen molar-refractivity contribution in [3.05, 3.63) is 115 Å². The van der Waals surface area contributed by atoms with Crippen LogP contribution in [-0.2, 0) is 6.54 Å². The normalized spacial score (nSPS) is 11.6. The van der Waals surface area contributed by atoms with E-state index in [0.29, 0.717) is 0 Å². The molecular weight excluding hydrogens is 350 g/mol. The van der Waals surface area contributed by atoms with E-state index in [1.165, 1.54) is 48.9 Å². The number of hydrogen-bond acceptors (Lipinski definition) is 0. The Hall–Kier alpha value is -3.71. The molecule has 0 unspecified atom stereocenters. The Kier molecular flexibility index (Phi) is 3.60. The number of fused-ring (bicyclic) bond motifs is 6. The van der Waals surface area contributed by atoms with Crippen LogP contribution in [-0.4, -0.2) is 0 Å². The predicted molar refractivity (Wildman–Crippen MR) is 122 cm³/mol. The van der Waals surface area contributed by atoms with Crippen LogP contribution in [0, 0.1) is 0 Å². The first-order valence-electron chi connectivity index (χ1n) is 10.1. The number of benzene rings is 5. The van der Waals surface area contributed by atoms with Crippen LogP contribution in [0.2, 0.25) is 0 Å². The van der Waals surface area contributed by atoms with Gasteiger partial charge in [-0.3, -0.25) is 0 Å². The average molecular weight is 370 g/mol. The van der Waals surface area contributed by atoms with E-state index in [9.17, 15) is 0 Å². The van der Waals surface area contributed by atoms with Gasteiger partial charge in [0.15, 0.2) is 6.54 Å². The highest BCUT2D eigenvalue weighted by atomic mass is 15.0. The number of hydrogen-bond donors (Lipinski definition) is 0. The fourth-order valence-corrected chi connectivity index (χ4v) is 4.55. The third-order valence-electron chi connectivity index (χ3n) is 5.95. The monoisotopic (exact) mass is 370 g/mol. The Labute approximate surface area is 169 Å². The second kappa shape index (κ2) is 6.42. The van der Waals surface area contributed by atoms with Gasteiger partial charge in [0.05, 0.1) is 10.8 Å². The van der Waals surface area contributed by atoms with Crippen LogP contribution in [0.3, 0.4) is 0 Å². The minimum atomic E-state index is 0.853. The van der Waals surface area contributed by atoms with Gasteiger partial charge in [-0.05, 0) is 39.7 Å². The molecule has 0 saturated heterocycles. The van der Waals surface area contributed by atoms with E-state index >= 15 is 0 Å². The van der Waals surface area contributed by atoms with E-state index in [1.54, 1.807) is 0 Å². The summed E-state index contributed by atoms with van der Waals surface area (Å²) in [6, 6.07) is 39.5. The van der Waals surface area contributed by atoms with E-state index in [2.05, 4.69) is 114 Å². The van der Waals surface area contributed by atoms with Crippen molar-refractivity contribution in [2.75, 3.05) is 0 Å². The van der Waals surface area contributed by atoms with Gasteiger partial charge in [0, 0.05) is 17.7 Å². The molecule has 1 aromatic heterocycles. The quantitative estimate of drug-likeness (QED) is 0.183. The number of rotatable bonds is 2. The maximum absolute atomic E-state index is 2.47. The molecule has 6 aromatic rings. The van der Waals surface area contributed by atoms with Gasteiger partial charge in [-0.1, -0.05) is 78.9 Å². The molecule has 1 heteroatoms. The molecule has 0 spiro atoms. The third kappa shape index (κ3) is 2.59. The Balaban J connectivity index is 1.80. The lowest BCUT2D eigenvalue weighted by molar-refractivity contribution is -0.635. The van der Waals surface area contributed by atoms with Crippen LogP contribution in [0.15, 0.2) is 109 Å². The lowest BCUT2D eigenvalue weighted by Crippen LogP contribution is -2.36. The van der Waals surface area contributed by atoms with Gasteiger partial charge in [-0.25, -0.2) is 0 Å². The summed E-state index contributed by atoms with van der Waals surface area (Å²) in [5.41, 5.74) is 3.86. The number of aromatic nitrogens is 1. The fourth-order valence-electron chi connectivity index (χ4n) is 4.55. The van der Waals surface area contributed by atoms with Crippen molar-refractivity contribution in [2.45, 2.75) is 6.54 Å². The summed E-state index contributed by atoms with van der Waals surface area (Å²) in [5.74, 6) is 0. The van der Waals surface area contributed by atoms with Crippen LogP contribution in [0.4, 0.5) is 0 Å². The highest BCUT2D eigenvalue weighted by Gasteiger charge is 2.19. The fraction of sp³-hybridized carbons (Fsp3) is 0.0357. The molecule has 136 valence electrons. The second-order valence-electron chi connectivity index (χ2n) is 7.66. The van der Waals surface area contributed by atoms with E-state index < -0.39 is 0 Å². The Morgan fingerprint density at radius 1 is 0.448 bits per heavy atom. The molecule has 0 aliphatic heterocycles. The minimum Gasteiger partial charge on any atom is -0.187 e. The molecule has 0 aliphatic rings. The molecule has 5 aromatic carbocycles.